The Morgan fingerprint density at radius 1 is 1.00 bits per heavy atom. The number of hydrogen-bond donors (Lipinski definition) is 2. The van der Waals surface area contributed by atoms with Crippen LogP contribution in [0.4, 0.5) is 5.69 Å². The third-order valence-corrected chi connectivity index (χ3v) is 3.74. The van der Waals surface area contributed by atoms with Crippen LogP contribution in [0.5, 0.6) is 0 Å². The van der Waals surface area contributed by atoms with Crippen molar-refractivity contribution >= 4 is 32.9 Å². The van der Waals surface area contributed by atoms with E-state index >= 15 is 0 Å². The van der Waals surface area contributed by atoms with E-state index in [-0.39, 0.29) is 4.90 Å². The van der Waals surface area contributed by atoms with Crippen molar-refractivity contribution in [3.8, 4) is 0 Å². The van der Waals surface area contributed by atoms with Gasteiger partial charge in [0.2, 0.25) is 10.0 Å². The zero-order chi connectivity index (χ0) is 13.9. The highest BCUT2D eigenvalue weighted by Crippen LogP contribution is 2.14. The molecule has 0 saturated heterocycles. The van der Waals surface area contributed by atoms with Crippen molar-refractivity contribution in [1.82, 2.24) is 0 Å². The maximum Gasteiger partial charge on any atom is 0.238 e. The normalized spacial score (nSPS) is 11.0. The van der Waals surface area contributed by atoms with Gasteiger partial charge >= 0.3 is 0 Å². The second kappa shape index (κ2) is 5.48. The SMILES string of the molecule is NS(=O)(=O)c1ccc(NC(=S)c2ccccc2)cc1. The van der Waals surface area contributed by atoms with Gasteiger partial charge in [-0.2, -0.15) is 0 Å². The molecule has 6 heteroatoms. The van der Waals surface area contributed by atoms with Crippen molar-refractivity contribution in [3.05, 3.63) is 60.2 Å². The fourth-order valence-corrected chi connectivity index (χ4v) is 2.29. The lowest BCUT2D eigenvalue weighted by Gasteiger charge is -2.08. The highest BCUT2D eigenvalue weighted by Gasteiger charge is 2.07. The molecule has 0 heterocycles. The van der Waals surface area contributed by atoms with Gasteiger partial charge in [-0.25, -0.2) is 13.6 Å². The molecule has 0 saturated carbocycles. The van der Waals surface area contributed by atoms with Crippen LogP contribution in [-0.4, -0.2) is 13.4 Å². The molecule has 0 bridgehead atoms. The Morgan fingerprint density at radius 2 is 1.58 bits per heavy atom. The van der Waals surface area contributed by atoms with E-state index < -0.39 is 10.0 Å². The highest BCUT2D eigenvalue weighted by atomic mass is 32.2. The lowest BCUT2D eigenvalue weighted by atomic mass is 10.2. The summed E-state index contributed by atoms with van der Waals surface area (Å²) in [7, 11) is -3.66. The van der Waals surface area contributed by atoms with Crippen LogP contribution in [0.25, 0.3) is 0 Å². The predicted molar refractivity (Wildman–Crippen MR) is 79.6 cm³/mol. The summed E-state index contributed by atoms with van der Waals surface area (Å²) in [5.41, 5.74) is 1.61. The van der Waals surface area contributed by atoms with Gasteiger partial charge in [-0.3, -0.25) is 0 Å². The summed E-state index contributed by atoms with van der Waals surface area (Å²) in [6.07, 6.45) is 0. The molecule has 0 radical (unpaired) electrons. The van der Waals surface area contributed by atoms with Crippen molar-refractivity contribution in [3.63, 3.8) is 0 Å². The summed E-state index contributed by atoms with van der Waals surface area (Å²) in [5, 5.41) is 8.06. The van der Waals surface area contributed by atoms with Crippen LogP contribution in [0.3, 0.4) is 0 Å². The molecule has 0 amide bonds. The van der Waals surface area contributed by atoms with E-state index in [4.69, 9.17) is 17.4 Å². The van der Waals surface area contributed by atoms with E-state index in [2.05, 4.69) is 5.32 Å². The minimum Gasteiger partial charge on any atom is -0.346 e. The molecule has 0 unspecified atom stereocenters. The standard InChI is InChI=1S/C13H12N2O2S2/c14-19(16,17)12-8-6-11(7-9-12)15-13(18)10-4-2-1-3-5-10/h1-9H,(H,15,18)(H2,14,16,17). The Bertz CT molecular complexity index is 680. The van der Waals surface area contributed by atoms with Crippen molar-refractivity contribution < 1.29 is 8.42 Å². The summed E-state index contributed by atoms with van der Waals surface area (Å²) in [6.45, 7) is 0. The molecule has 0 spiro atoms. The topological polar surface area (TPSA) is 72.2 Å². The number of primary sulfonamides is 1. The van der Waals surface area contributed by atoms with E-state index in [1.54, 1.807) is 12.1 Å². The number of rotatable bonds is 3. The number of anilines is 1. The second-order valence-corrected chi connectivity index (χ2v) is 5.86. The fraction of sp³-hybridized carbons (Fsp3) is 0. The molecule has 4 nitrogen and oxygen atoms in total. The Morgan fingerprint density at radius 3 is 2.11 bits per heavy atom. The van der Waals surface area contributed by atoms with Crippen LogP contribution >= 0.6 is 12.2 Å². The van der Waals surface area contributed by atoms with Crippen LogP contribution in [0.15, 0.2) is 59.5 Å². The predicted octanol–water partition coefficient (Wildman–Crippen LogP) is 2.12. The van der Waals surface area contributed by atoms with Gasteiger partial charge in [-0.15, -0.1) is 0 Å². The number of hydrogen-bond acceptors (Lipinski definition) is 3. The number of nitrogens with two attached hydrogens (primary N) is 1. The molecule has 0 aliphatic heterocycles. The third kappa shape index (κ3) is 3.60. The molecule has 0 fully saturated rings. The number of benzene rings is 2. The van der Waals surface area contributed by atoms with Gasteiger partial charge in [0.05, 0.1) is 4.90 Å². The van der Waals surface area contributed by atoms with Crippen LogP contribution in [0.2, 0.25) is 0 Å². The fourth-order valence-electron chi connectivity index (χ4n) is 1.52. The number of sulfonamides is 1. The van der Waals surface area contributed by atoms with Crippen LogP contribution < -0.4 is 10.5 Å². The molecule has 19 heavy (non-hydrogen) atoms. The van der Waals surface area contributed by atoms with Crippen molar-refractivity contribution in [1.29, 1.82) is 0 Å². The molecule has 2 rings (SSSR count). The minimum atomic E-state index is -3.66. The molecule has 2 aromatic carbocycles. The van der Waals surface area contributed by atoms with Gasteiger partial charge in [0.1, 0.15) is 4.99 Å². The summed E-state index contributed by atoms with van der Waals surface area (Å²) in [4.78, 5) is 0.646. The largest absolute Gasteiger partial charge is 0.346 e. The van der Waals surface area contributed by atoms with Crippen molar-refractivity contribution in [2.24, 2.45) is 5.14 Å². The molecule has 2 aromatic rings. The minimum absolute atomic E-state index is 0.0729. The Labute approximate surface area is 117 Å². The maximum atomic E-state index is 11.1. The van der Waals surface area contributed by atoms with E-state index in [1.165, 1.54) is 12.1 Å². The first-order valence-corrected chi connectivity index (χ1v) is 7.41. The molecule has 0 aliphatic rings. The first kappa shape index (κ1) is 13.7. The van der Waals surface area contributed by atoms with Gasteiger partial charge in [0.15, 0.2) is 0 Å². The molecule has 0 atom stereocenters. The monoisotopic (exact) mass is 292 g/mol. The zero-order valence-electron chi connectivity index (χ0n) is 9.91. The lowest BCUT2D eigenvalue weighted by molar-refractivity contribution is 0.598. The first-order chi connectivity index (χ1) is 8.97. The maximum absolute atomic E-state index is 11.1. The van der Waals surface area contributed by atoms with E-state index in [0.29, 0.717) is 10.7 Å². The summed E-state index contributed by atoms with van der Waals surface area (Å²) in [5.74, 6) is 0. The second-order valence-electron chi connectivity index (χ2n) is 3.89. The Balaban J connectivity index is 2.15. The number of thiocarbonyl (C=S) groups is 1. The zero-order valence-corrected chi connectivity index (χ0v) is 11.5. The van der Waals surface area contributed by atoms with Gasteiger partial charge in [0, 0.05) is 11.3 Å². The van der Waals surface area contributed by atoms with Gasteiger partial charge in [0.25, 0.3) is 0 Å². The van der Waals surface area contributed by atoms with E-state index in [9.17, 15) is 8.42 Å². The van der Waals surface area contributed by atoms with Crippen LogP contribution in [-0.2, 0) is 10.0 Å². The summed E-state index contributed by atoms with van der Waals surface area (Å²) < 4.78 is 22.2. The van der Waals surface area contributed by atoms with Crippen molar-refractivity contribution in [2.75, 3.05) is 5.32 Å². The molecule has 0 aliphatic carbocycles. The van der Waals surface area contributed by atoms with Crippen LogP contribution in [0.1, 0.15) is 5.56 Å². The Kier molecular flexibility index (Phi) is 3.94. The van der Waals surface area contributed by atoms with Gasteiger partial charge in [-0.05, 0) is 24.3 Å². The quantitative estimate of drug-likeness (QED) is 0.850. The highest BCUT2D eigenvalue weighted by molar-refractivity contribution is 7.89. The molecule has 0 aromatic heterocycles. The molecular weight excluding hydrogens is 280 g/mol. The van der Waals surface area contributed by atoms with E-state index in [1.807, 2.05) is 30.3 Å². The molecular formula is C13H12N2O2S2. The molecule has 98 valence electrons. The smallest absolute Gasteiger partial charge is 0.238 e. The van der Waals surface area contributed by atoms with Crippen molar-refractivity contribution in [2.45, 2.75) is 4.90 Å². The van der Waals surface area contributed by atoms with E-state index in [0.717, 1.165) is 5.56 Å². The van der Waals surface area contributed by atoms with Gasteiger partial charge < -0.3 is 5.32 Å². The third-order valence-electron chi connectivity index (χ3n) is 2.48. The summed E-state index contributed by atoms with van der Waals surface area (Å²) in [6, 6.07) is 15.6. The first-order valence-electron chi connectivity index (χ1n) is 5.46. The average molecular weight is 292 g/mol. The Hall–Kier alpha value is -1.76. The summed E-state index contributed by atoms with van der Waals surface area (Å²) >= 11 is 5.25. The average Bonchev–Trinajstić information content (AvgIpc) is 2.39. The van der Waals surface area contributed by atoms with Gasteiger partial charge in [-0.1, -0.05) is 42.5 Å². The number of nitrogens with one attached hydrogen (secondary N) is 1. The molecule has 3 N–H and O–H groups in total. The van der Waals surface area contributed by atoms with Crippen LogP contribution in [0, 0.1) is 0 Å². The lowest BCUT2D eigenvalue weighted by Crippen LogP contribution is -2.13.